The van der Waals surface area contributed by atoms with Crippen LogP contribution in [0.3, 0.4) is 0 Å². The molecule has 0 aromatic rings. The number of hydrogen-bond donors (Lipinski definition) is 1. The van der Waals surface area contributed by atoms with Gasteiger partial charge in [0.25, 0.3) is 0 Å². The van der Waals surface area contributed by atoms with Gasteiger partial charge in [-0.15, -0.1) is 0 Å². The van der Waals surface area contributed by atoms with Gasteiger partial charge in [-0.25, -0.2) is 0 Å². The number of nitrogens with one attached hydrogen (secondary N) is 1. The first-order chi connectivity index (χ1) is 9.56. The normalized spacial score (nSPS) is 19.6. The van der Waals surface area contributed by atoms with Gasteiger partial charge in [-0.3, -0.25) is 9.79 Å². The van der Waals surface area contributed by atoms with Crippen molar-refractivity contribution in [3.05, 3.63) is 0 Å². The summed E-state index contributed by atoms with van der Waals surface area (Å²) in [6.45, 7) is 6.96. The first-order valence-electron chi connectivity index (χ1n) is 7.20. The van der Waals surface area contributed by atoms with E-state index in [1.807, 2.05) is 13.8 Å². The Labute approximate surface area is 121 Å². The van der Waals surface area contributed by atoms with Crippen LogP contribution in [0.1, 0.15) is 26.7 Å². The zero-order valence-electron chi connectivity index (χ0n) is 13.0. The van der Waals surface area contributed by atoms with E-state index in [1.165, 1.54) is 0 Å². The summed E-state index contributed by atoms with van der Waals surface area (Å²) >= 11 is 0. The first-order valence-corrected chi connectivity index (χ1v) is 7.20. The minimum absolute atomic E-state index is 0.0600. The van der Waals surface area contributed by atoms with Gasteiger partial charge in [0.15, 0.2) is 5.96 Å². The molecule has 1 aliphatic rings. The summed E-state index contributed by atoms with van der Waals surface area (Å²) in [6, 6.07) is 0. The Morgan fingerprint density at radius 1 is 1.50 bits per heavy atom. The van der Waals surface area contributed by atoms with E-state index in [9.17, 15) is 4.79 Å². The Balaban J connectivity index is 2.29. The SMILES string of the molecule is CN=C(NCCC(=O)OC(C)C)N1CCC(COC)C1. The second-order valence-electron chi connectivity index (χ2n) is 5.32. The third-order valence-electron chi connectivity index (χ3n) is 3.18. The quantitative estimate of drug-likeness (QED) is 0.446. The predicted octanol–water partition coefficient (Wildman–Crippen LogP) is 0.872. The molecule has 0 aliphatic carbocycles. The average molecular weight is 285 g/mol. The first kappa shape index (κ1) is 16.8. The number of likely N-dealkylation sites (tertiary alicyclic amines) is 1. The minimum atomic E-state index is -0.179. The lowest BCUT2D eigenvalue weighted by Gasteiger charge is -2.21. The van der Waals surface area contributed by atoms with Gasteiger partial charge in [0.05, 0.1) is 19.1 Å². The van der Waals surface area contributed by atoms with Crippen LogP contribution in [0.4, 0.5) is 0 Å². The number of carbonyl (C=O) groups excluding carboxylic acids is 1. The zero-order valence-corrected chi connectivity index (χ0v) is 13.0. The number of nitrogens with zero attached hydrogens (tertiary/aromatic N) is 2. The van der Waals surface area contributed by atoms with Crippen LogP contribution in [0, 0.1) is 5.92 Å². The summed E-state index contributed by atoms with van der Waals surface area (Å²) in [6.07, 6.45) is 1.41. The third-order valence-corrected chi connectivity index (χ3v) is 3.18. The van der Waals surface area contributed by atoms with E-state index in [1.54, 1.807) is 14.2 Å². The van der Waals surface area contributed by atoms with E-state index in [2.05, 4.69) is 15.2 Å². The fourth-order valence-electron chi connectivity index (χ4n) is 2.33. The molecule has 0 radical (unpaired) electrons. The molecule has 1 unspecified atom stereocenters. The average Bonchev–Trinajstić information content (AvgIpc) is 2.82. The number of methoxy groups -OCH3 is 1. The summed E-state index contributed by atoms with van der Waals surface area (Å²) in [5.41, 5.74) is 0. The highest BCUT2D eigenvalue weighted by Gasteiger charge is 2.24. The Kier molecular flexibility index (Phi) is 7.36. The lowest BCUT2D eigenvalue weighted by molar-refractivity contribution is -0.147. The molecule has 0 aromatic heterocycles. The van der Waals surface area contributed by atoms with Gasteiger partial charge >= 0.3 is 5.97 Å². The molecule has 0 spiro atoms. The maximum Gasteiger partial charge on any atom is 0.307 e. The fourth-order valence-corrected chi connectivity index (χ4v) is 2.33. The number of ether oxygens (including phenoxy) is 2. The number of hydrogen-bond acceptors (Lipinski definition) is 4. The molecule has 116 valence electrons. The fraction of sp³-hybridized carbons (Fsp3) is 0.857. The van der Waals surface area contributed by atoms with E-state index >= 15 is 0 Å². The van der Waals surface area contributed by atoms with Crippen LogP contribution in [0.2, 0.25) is 0 Å². The zero-order chi connectivity index (χ0) is 15.0. The predicted molar refractivity (Wildman–Crippen MR) is 78.8 cm³/mol. The van der Waals surface area contributed by atoms with Gasteiger partial charge in [-0.05, 0) is 20.3 Å². The smallest absolute Gasteiger partial charge is 0.307 e. The van der Waals surface area contributed by atoms with Crippen molar-refractivity contribution < 1.29 is 14.3 Å². The molecule has 1 fully saturated rings. The number of carbonyl (C=O) groups is 1. The molecule has 1 aliphatic heterocycles. The van der Waals surface area contributed by atoms with Crippen LogP contribution < -0.4 is 5.32 Å². The van der Waals surface area contributed by atoms with Gasteiger partial charge in [-0.2, -0.15) is 0 Å². The molecule has 1 heterocycles. The summed E-state index contributed by atoms with van der Waals surface area (Å²) in [4.78, 5) is 17.9. The van der Waals surface area contributed by atoms with E-state index in [0.717, 1.165) is 32.1 Å². The molecule has 1 N–H and O–H groups in total. The van der Waals surface area contributed by atoms with E-state index in [0.29, 0.717) is 18.9 Å². The van der Waals surface area contributed by atoms with Crippen LogP contribution in [-0.2, 0) is 14.3 Å². The maximum absolute atomic E-state index is 11.4. The topological polar surface area (TPSA) is 63.2 Å². The third kappa shape index (κ3) is 5.77. The monoisotopic (exact) mass is 285 g/mol. The van der Waals surface area contributed by atoms with Crippen molar-refractivity contribution in [2.24, 2.45) is 10.9 Å². The van der Waals surface area contributed by atoms with Gasteiger partial charge < -0.3 is 19.7 Å². The molecular formula is C14H27N3O3. The molecule has 1 atom stereocenters. The van der Waals surface area contributed by atoms with Crippen molar-refractivity contribution in [2.45, 2.75) is 32.8 Å². The maximum atomic E-state index is 11.4. The van der Waals surface area contributed by atoms with E-state index in [4.69, 9.17) is 9.47 Å². The largest absolute Gasteiger partial charge is 0.463 e. The lowest BCUT2D eigenvalue weighted by Crippen LogP contribution is -2.41. The Morgan fingerprint density at radius 3 is 2.85 bits per heavy atom. The lowest BCUT2D eigenvalue weighted by atomic mass is 10.1. The molecule has 1 saturated heterocycles. The summed E-state index contributed by atoms with van der Waals surface area (Å²) in [5.74, 6) is 1.23. The van der Waals surface area contributed by atoms with Gasteiger partial charge in [-0.1, -0.05) is 0 Å². The summed E-state index contributed by atoms with van der Waals surface area (Å²) < 4.78 is 10.3. The standard InChI is InChI=1S/C14H27N3O3/c1-11(2)20-13(18)5-7-16-14(15-3)17-8-6-12(9-17)10-19-4/h11-12H,5-10H2,1-4H3,(H,15,16). The highest BCUT2D eigenvalue weighted by molar-refractivity contribution is 5.80. The van der Waals surface area contributed by atoms with Gasteiger partial charge in [0, 0.05) is 39.7 Å². The van der Waals surface area contributed by atoms with Crippen LogP contribution in [0.25, 0.3) is 0 Å². The van der Waals surface area contributed by atoms with Crippen LogP contribution >= 0.6 is 0 Å². The minimum Gasteiger partial charge on any atom is -0.463 e. The van der Waals surface area contributed by atoms with Crippen molar-refractivity contribution in [1.29, 1.82) is 0 Å². The van der Waals surface area contributed by atoms with Crippen LogP contribution in [0.15, 0.2) is 4.99 Å². The second kappa shape index (κ2) is 8.79. The van der Waals surface area contributed by atoms with Crippen molar-refractivity contribution >= 4 is 11.9 Å². The molecule has 1 rings (SSSR count). The second-order valence-corrected chi connectivity index (χ2v) is 5.32. The number of esters is 1. The Bertz CT molecular complexity index is 332. The van der Waals surface area contributed by atoms with Crippen molar-refractivity contribution in [3.63, 3.8) is 0 Å². The highest BCUT2D eigenvalue weighted by Crippen LogP contribution is 2.16. The van der Waals surface area contributed by atoms with E-state index in [-0.39, 0.29) is 12.1 Å². The van der Waals surface area contributed by atoms with Crippen molar-refractivity contribution in [3.8, 4) is 0 Å². The molecule has 6 heteroatoms. The molecule has 20 heavy (non-hydrogen) atoms. The Hall–Kier alpha value is -1.30. The van der Waals surface area contributed by atoms with Crippen LogP contribution in [0.5, 0.6) is 0 Å². The van der Waals surface area contributed by atoms with Crippen LogP contribution in [-0.4, -0.2) is 63.3 Å². The van der Waals surface area contributed by atoms with Crippen molar-refractivity contribution in [2.75, 3.05) is 40.4 Å². The summed E-state index contributed by atoms with van der Waals surface area (Å²) in [7, 11) is 3.49. The molecule has 0 amide bonds. The van der Waals surface area contributed by atoms with E-state index < -0.39 is 0 Å². The molecular weight excluding hydrogens is 258 g/mol. The van der Waals surface area contributed by atoms with Crippen molar-refractivity contribution in [1.82, 2.24) is 10.2 Å². The number of rotatable bonds is 6. The van der Waals surface area contributed by atoms with Gasteiger partial charge in [0.1, 0.15) is 0 Å². The molecule has 0 bridgehead atoms. The number of aliphatic imine (C=N–C) groups is 1. The summed E-state index contributed by atoms with van der Waals surface area (Å²) in [5, 5.41) is 3.21. The Morgan fingerprint density at radius 2 is 2.25 bits per heavy atom. The molecule has 0 saturated carbocycles. The van der Waals surface area contributed by atoms with Gasteiger partial charge in [0.2, 0.25) is 0 Å². The highest BCUT2D eigenvalue weighted by atomic mass is 16.5. The molecule has 0 aromatic carbocycles. The number of guanidine groups is 1. The molecule has 6 nitrogen and oxygen atoms in total.